The highest BCUT2D eigenvalue weighted by molar-refractivity contribution is 5.91. The largest absolute Gasteiger partial charge is 0.295 e. The zero-order chi connectivity index (χ0) is 11.5. The maximum absolute atomic E-state index is 11.1. The summed E-state index contributed by atoms with van der Waals surface area (Å²) in [4.78, 5) is 11.1. The van der Waals surface area contributed by atoms with Gasteiger partial charge in [0, 0.05) is 18.1 Å². The van der Waals surface area contributed by atoms with Crippen LogP contribution in [-0.2, 0) is 6.67 Å². The van der Waals surface area contributed by atoms with Crippen LogP contribution in [0.5, 0.6) is 0 Å². The SMILES string of the molecule is Cc1cc(C(=O)NO)nn1Cn1cccn1. The number of hydrogen-bond acceptors (Lipinski definition) is 4. The first-order chi connectivity index (χ1) is 7.70. The molecule has 0 saturated heterocycles. The van der Waals surface area contributed by atoms with E-state index in [4.69, 9.17) is 5.21 Å². The fraction of sp³-hybridized carbons (Fsp3) is 0.222. The van der Waals surface area contributed by atoms with E-state index in [0.29, 0.717) is 6.67 Å². The standard InChI is InChI=1S/C9H11N5O2/c1-7-5-8(9(15)12-16)11-14(7)6-13-4-2-3-10-13/h2-5,16H,6H2,1H3,(H,12,15). The third-order valence-electron chi connectivity index (χ3n) is 2.15. The van der Waals surface area contributed by atoms with Crippen LogP contribution in [0.15, 0.2) is 24.5 Å². The number of aromatic nitrogens is 4. The fourth-order valence-corrected chi connectivity index (χ4v) is 1.34. The molecule has 0 aliphatic carbocycles. The number of carbonyl (C=O) groups excluding carboxylic acids is 1. The maximum Gasteiger partial charge on any atom is 0.295 e. The van der Waals surface area contributed by atoms with E-state index in [1.54, 1.807) is 39.4 Å². The van der Waals surface area contributed by atoms with E-state index in [-0.39, 0.29) is 5.69 Å². The van der Waals surface area contributed by atoms with E-state index in [2.05, 4.69) is 10.2 Å². The molecule has 0 aliphatic heterocycles. The summed E-state index contributed by atoms with van der Waals surface area (Å²) in [5, 5.41) is 16.6. The van der Waals surface area contributed by atoms with Crippen LogP contribution < -0.4 is 5.48 Å². The molecule has 0 aliphatic rings. The molecule has 0 bridgehead atoms. The van der Waals surface area contributed by atoms with Gasteiger partial charge in [0.05, 0.1) is 0 Å². The van der Waals surface area contributed by atoms with Crippen LogP contribution in [0.1, 0.15) is 16.2 Å². The lowest BCUT2D eigenvalue weighted by molar-refractivity contribution is 0.0699. The molecular weight excluding hydrogens is 210 g/mol. The highest BCUT2D eigenvalue weighted by Crippen LogP contribution is 2.03. The van der Waals surface area contributed by atoms with Crippen molar-refractivity contribution < 1.29 is 10.0 Å². The molecule has 84 valence electrons. The number of rotatable bonds is 3. The number of hydroxylamine groups is 1. The topological polar surface area (TPSA) is 85.0 Å². The van der Waals surface area contributed by atoms with Crippen LogP contribution in [0.3, 0.4) is 0 Å². The lowest BCUT2D eigenvalue weighted by atomic mass is 10.3. The summed E-state index contributed by atoms with van der Waals surface area (Å²) < 4.78 is 3.30. The van der Waals surface area contributed by atoms with Crippen molar-refractivity contribution in [2.24, 2.45) is 0 Å². The van der Waals surface area contributed by atoms with Gasteiger partial charge in [-0.3, -0.25) is 14.7 Å². The Hall–Kier alpha value is -2.15. The lowest BCUT2D eigenvalue weighted by Gasteiger charge is -2.03. The van der Waals surface area contributed by atoms with Crippen molar-refractivity contribution >= 4 is 5.91 Å². The molecule has 16 heavy (non-hydrogen) atoms. The molecule has 2 aromatic heterocycles. The molecule has 1 amide bonds. The number of amides is 1. The first-order valence-corrected chi connectivity index (χ1v) is 4.67. The molecule has 7 nitrogen and oxygen atoms in total. The van der Waals surface area contributed by atoms with Crippen LogP contribution in [0.2, 0.25) is 0 Å². The van der Waals surface area contributed by atoms with Gasteiger partial charge < -0.3 is 0 Å². The molecule has 0 unspecified atom stereocenters. The summed E-state index contributed by atoms with van der Waals surface area (Å²) >= 11 is 0. The third kappa shape index (κ3) is 1.94. The first-order valence-electron chi connectivity index (χ1n) is 4.67. The normalized spacial score (nSPS) is 10.4. The minimum atomic E-state index is -0.623. The smallest absolute Gasteiger partial charge is 0.288 e. The number of nitrogens with zero attached hydrogens (tertiary/aromatic N) is 4. The Kier molecular flexibility index (Phi) is 2.69. The minimum Gasteiger partial charge on any atom is -0.288 e. The van der Waals surface area contributed by atoms with Crippen molar-refractivity contribution in [3.05, 3.63) is 35.9 Å². The first kappa shape index (κ1) is 10.4. The van der Waals surface area contributed by atoms with Gasteiger partial charge in [0.1, 0.15) is 6.67 Å². The van der Waals surface area contributed by atoms with Crippen LogP contribution in [0.25, 0.3) is 0 Å². The van der Waals surface area contributed by atoms with Crippen molar-refractivity contribution in [2.45, 2.75) is 13.6 Å². The van der Waals surface area contributed by atoms with Crippen molar-refractivity contribution in [3.63, 3.8) is 0 Å². The average Bonchev–Trinajstić information content (AvgIpc) is 2.89. The van der Waals surface area contributed by atoms with Crippen LogP contribution >= 0.6 is 0 Å². The number of nitrogens with one attached hydrogen (secondary N) is 1. The summed E-state index contributed by atoms with van der Waals surface area (Å²) in [7, 11) is 0. The van der Waals surface area contributed by atoms with Gasteiger partial charge in [0.2, 0.25) is 0 Å². The molecular formula is C9H11N5O2. The van der Waals surface area contributed by atoms with Gasteiger partial charge >= 0.3 is 0 Å². The quantitative estimate of drug-likeness (QED) is 0.565. The summed E-state index contributed by atoms with van der Waals surface area (Å²) in [6.45, 7) is 2.25. The molecule has 0 aromatic carbocycles. The average molecular weight is 221 g/mol. The molecule has 0 saturated carbocycles. The molecule has 2 rings (SSSR count). The second-order valence-corrected chi connectivity index (χ2v) is 3.30. The molecule has 2 aromatic rings. The number of aryl methyl sites for hydroxylation is 1. The van der Waals surface area contributed by atoms with Crippen molar-refractivity contribution in [3.8, 4) is 0 Å². The molecule has 0 fully saturated rings. The van der Waals surface area contributed by atoms with E-state index in [1.165, 1.54) is 0 Å². The van der Waals surface area contributed by atoms with Crippen molar-refractivity contribution in [2.75, 3.05) is 0 Å². The monoisotopic (exact) mass is 221 g/mol. The molecule has 2 N–H and O–H groups in total. The van der Waals surface area contributed by atoms with E-state index in [9.17, 15) is 4.79 Å². The second kappa shape index (κ2) is 4.15. The zero-order valence-electron chi connectivity index (χ0n) is 8.66. The van der Waals surface area contributed by atoms with Gasteiger partial charge in [-0.15, -0.1) is 0 Å². The Morgan fingerprint density at radius 2 is 2.44 bits per heavy atom. The van der Waals surface area contributed by atoms with Gasteiger partial charge in [0.25, 0.3) is 5.91 Å². The van der Waals surface area contributed by atoms with Gasteiger partial charge in [-0.1, -0.05) is 0 Å². The van der Waals surface area contributed by atoms with Crippen LogP contribution in [0.4, 0.5) is 0 Å². The molecule has 0 spiro atoms. The minimum absolute atomic E-state index is 0.173. The Labute approximate surface area is 91.3 Å². The summed E-state index contributed by atoms with van der Waals surface area (Å²) in [6.07, 6.45) is 3.47. The Morgan fingerprint density at radius 1 is 1.62 bits per heavy atom. The lowest BCUT2D eigenvalue weighted by Crippen LogP contribution is -2.20. The number of carbonyl (C=O) groups is 1. The predicted octanol–water partition coefficient (Wildman–Crippen LogP) is 0.0128. The summed E-state index contributed by atoms with van der Waals surface area (Å²) in [6, 6.07) is 3.40. The fourth-order valence-electron chi connectivity index (χ4n) is 1.34. The number of hydrogen-bond donors (Lipinski definition) is 2. The van der Waals surface area contributed by atoms with E-state index < -0.39 is 5.91 Å². The van der Waals surface area contributed by atoms with Crippen molar-refractivity contribution in [1.29, 1.82) is 0 Å². The van der Waals surface area contributed by atoms with E-state index in [1.807, 2.05) is 6.92 Å². The zero-order valence-corrected chi connectivity index (χ0v) is 8.66. The molecule has 2 heterocycles. The highest BCUT2D eigenvalue weighted by atomic mass is 16.5. The van der Waals surface area contributed by atoms with Crippen LogP contribution in [-0.4, -0.2) is 30.7 Å². The van der Waals surface area contributed by atoms with E-state index in [0.717, 1.165) is 5.69 Å². The Morgan fingerprint density at radius 3 is 3.06 bits per heavy atom. The predicted molar refractivity (Wildman–Crippen MR) is 53.8 cm³/mol. The van der Waals surface area contributed by atoms with E-state index >= 15 is 0 Å². The Balaban J connectivity index is 2.22. The van der Waals surface area contributed by atoms with Gasteiger partial charge in [0.15, 0.2) is 5.69 Å². The maximum atomic E-state index is 11.1. The van der Waals surface area contributed by atoms with Gasteiger partial charge in [-0.25, -0.2) is 10.2 Å². The Bertz CT molecular complexity index is 488. The highest BCUT2D eigenvalue weighted by Gasteiger charge is 2.11. The van der Waals surface area contributed by atoms with Gasteiger partial charge in [-0.05, 0) is 19.1 Å². The molecule has 0 atom stereocenters. The third-order valence-corrected chi connectivity index (χ3v) is 2.15. The molecule has 7 heteroatoms. The van der Waals surface area contributed by atoms with Crippen molar-refractivity contribution in [1.82, 2.24) is 25.0 Å². The molecule has 0 radical (unpaired) electrons. The summed E-state index contributed by atoms with van der Waals surface area (Å²) in [5.74, 6) is -0.623. The second-order valence-electron chi connectivity index (χ2n) is 3.30. The van der Waals surface area contributed by atoms with Crippen LogP contribution in [0, 0.1) is 6.92 Å². The summed E-state index contributed by atoms with van der Waals surface area (Å²) in [5.41, 5.74) is 2.53. The van der Waals surface area contributed by atoms with Gasteiger partial charge in [-0.2, -0.15) is 10.2 Å².